The van der Waals surface area contributed by atoms with Gasteiger partial charge < -0.3 is 9.84 Å². The van der Waals surface area contributed by atoms with Crippen molar-refractivity contribution in [2.75, 3.05) is 32.8 Å². The molecule has 0 radical (unpaired) electrons. The summed E-state index contributed by atoms with van der Waals surface area (Å²) in [5, 5.41) is 8.71. The van der Waals surface area contributed by atoms with Gasteiger partial charge in [0.05, 0.1) is 19.3 Å². The molecule has 0 spiro atoms. The average Bonchev–Trinajstić information content (AvgIpc) is 2.73. The van der Waals surface area contributed by atoms with E-state index in [1.54, 1.807) is 0 Å². The van der Waals surface area contributed by atoms with Gasteiger partial charge in [-0.2, -0.15) is 0 Å². The van der Waals surface area contributed by atoms with E-state index >= 15 is 0 Å². The molecule has 1 aliphatic rings. The Morgan fingerprint density at radius 1 is 1.55 bits per heavy atom. The van der Waals surface area contributed by atoms with Crippen molar-refractivity contribution in [2.45, 2.75) is 19.4 Å². The molecule has 1 aliphatic heterocycles. The zero-order valence-electron chi connectivity index (χ0n) is 7.12. The smallest absolute Gasteiger partial charge is 0.0936 e. The quantitative estimate of drug-likeness (QED) is 0.558. The zero-order chi connectivity index (χ0) is 8.10. The Hall–Kier alpha value is -0.120. The van der Waals surface area contributed by atoms with Gasteiger partial charge in [-0.25, -0.2) is 0 Å². The summed E-state index contributed by atoms with van der Waals surface area (Å²) in [6, 6.07) is 0. The van der Waals surface area contributed by atoms with Crippen LogP contribution < -0.4 is 0 Å². The number of hydrogen-bond donors (Lipinski definition) is 1. The zero-order valence-corrected chi connectivity index (χ0v) is 7.12. The maximum Gasteiger partial charge on any atom is 0.0936 e. The SMILES string of the molecule is CCCN(CCO)CC1CO1. The van der Waals surface area contributed by atoms with Crippen molar-refractivity contribution in [3.8, 4) is 0 Å². The van der Waals surface area contributed by atoms with Crippen LogP contribution in [0, 0.1) is 0 Å². The standard InChI is InChI=1S/C8H17NO2/c1-2-3-9(4-5-10)6-8-7-11-8/h8,10H,2-7H2,1H3. The number of ether oxygens (including phenoxy) is 1. The first-order valence-electron chi connectivity index (χ1n) is 4.31. The highest BCUT2D eigenvalue weighted by molar-refractivity contribution is 4.73. The van der Waals surface area contributed by atoms with Crippen molar-refractivity contribution in [1.82, 2.24) is 4.90 Å². The molecule has 0 aliphatic carbocycles. The van der Waals surface area contributed by atoms with Crippen molar-refractivity contribution in [3.05, 3.63) is 0 Å². The van der Waals surface area contributed by atoms with E-state index in [2.05, 4.69) is 11.8 Å². The van der Waals surface area contributed by atoms with E-state index in [9.17, 15) is 0 Å². The maximum absolute atomic E-state index is 8.71. The van der Waals surface area contributed by atoms with Crippen LogP contribution in [0.15, 0.2) is 0 Å². The minimum Gasteiger partial charge on any atom is -0.395 e. The van der Waals surface area contributed by atoms with E-state index in [1.807, 2.05) is 0 Å². The van der Waals surface area contributed by atoms with Crippen LogP contribution >= 0.6 is 0 Å². The molecule has 3 nitrogen and oxygen atoms in total. The van der Waals surface area contributed by atoms with E-state index in [-0.39, 0.29) is 6.61 Å². The van der Waals surface area contributed by atoms with Crippen molar-refractivity contribution in [1.29, 1.82) is 0 Å². The summed E-state index contributed by atoms with van der Waals surface area (Å²) in [5.41, 5.74) is 0. The lowest BCUT2D eigenvalue weighted by atomic mass is 10.3. The summed E-state index contributed by atoms with van der Waals surface area (Å²) in [6.07, 6.45) is 1.60. The summed E-state index contributed by atoms with van der Waals surface area (Å²) >= 11 is 0. The van der Waals surface area contributed by atoms with Gasteiger partial charge in [0.25, 0.3) is 0 Å². The molecule has 3 heteroatoms. The second-order valence-electron chi connectivity index (χ2n) is 2.98. The van der Waals surface area contributed by atoms with Gasteiger partial charge in [-0.3, -0.25) is 4.90 Å². The van der Waals surface area contributed by atoms with Gasteiger partial charge in [0.15, 0.2) is 0 Å². The number of nitrogens with zero attached hydrogens (tertiary/aromatic N) is 1. The van der Waals surface area contributed by atoms with E-state index in [0.717, 1.165) is 32.7 Å². The third kappa shape index (κ3) is 3.70. The number of aliphatic hydroxyl groups is 1. The molecule has 0 aromatic carbocycles. The van der Waals surface area contributed by atoms with Crippen molar-refractivity contribution < 1.29 is 9.84 Å². The Bertz CT molecular complexity index is 98.3. The fraction of sp³-hybridized carbons (Fsp3) is 1.00. The Balaban J connectivity index is 2.08. The third-order valence-corrected chi connectivity index (χ3v) is 1.82. The first kappa shape index (κ1) is 8.97. The average molecular weight is 159 g/mol. The van der Waals surface area contributed by atoms with Gasteiger partial charge in [0.1, 0.15) is 0 Å². The molecular formula is C8H17NO2. The number of hydrogen-bond acceptors (Lipinski definition) is 3. The summed E-state index contributed by atoms with van der Waals surface area (Å²) in [6.45, 7) is 6.17. The minimum absolute atomic E-state index is 0.257. The molecule has 1 saturated heterocycles. The van der Waals surface area contributed by atoms with Crippen molar-refractivity contribution in [2.24, 2.45) is 0 Å². The van der Waals surface area contributed by atoms with Crippen molar-refractivity contribution in [3.63, 3.8) is 0 Å². The Kier molecular flexibility index (Phi) is 3.83. The van der Waals surface area contributed by atoms with E-state index < -0.39 is 0 Å². The van der Waals surface area contributed by atoms with Crippen molar-refractivity contribution >= 4 is 0 Å². The summed E-state index contributed by atoms with van der Waals surface area (Å²) < 4.78 is 5.11. The van der Waals surface area contributed by atoms with Crippen LogP contribution in [0.1, 0.15) is 13.3 Å². The highest BCUT2D eigenvalue weighted by Crippen LogP contribution is 2.10. The van der Waals surface area contributed by atoms with Gasteiger partial charge in [0.2, 0.25) is 0 Å². The molecule has 1 N–H and O–H groups in total. The molecule has 0 amide bonds. The molecular weight excluding hydrogens is 142 g/mol. The fourth-order valence-electron chi connectivity index (χ4n) is 1.21. The predicted molar refractivity (Wildman–Crippen MR) is 43.6 cm³/mol. The molecule has 66 valence electrons. The molecule has 11 heavy (non-hydrogen) atoms. The fourth-order valence-corrected chi connectivity index (χ4v) is 1.21. The largest absolute Gasteiger partial charge is 0.395 e. The van der Waals surface area contributed by atoms with Crippen LogP contribution in [-0.4, -0.2) is 49.0 Å². The first-order chi connectivity index (χ1) is 5.36. The molecule has 0 saturated carbocycles. The highest BCUT2D eigenvalue weighted by Gasteiger charge is 2.24. The van der Waals surface area contributed by atoms with Gasteiger partial charge in [-0.1, -0.05) is 6.92 Å². The molecule has 0 aromatic heterocycles. The predicted octanol–water partition coefficient (Wildman–Crippen LogP) is 0.0895. The Morgan fingerprint density at radius 3 is 2.73 bits per heavy atom. The highest BCUT2D eigenvalue weighted by atomic mass is 16.6. The molecule has 1 atom stereocenters. The lowest BCUT2D eigenvalue weighted by molar-refractivity contribution is 0.184. The van der Waals surface area contributed by atoms with Gasteiger partial charge in [-0.05, 0) is 13.0 Å². The van der Waals surface area contributed by atoms with Gasteiger partial charge in [0, 0.05) is 13.1 Å². The second-order valence-corrected chi connectivity index (χ2v) is 2.98. The molecule has 0 bridgehead atoms. The van der Waals surface area contributed by atoms with Crippen LogP contribution in [0.2, 0.25) is 0 Å². The summed E-state index contributed by atoms with van der Waals surface area (Å²) in [4.78, 5) is 2.25. The Labute approximate surface area is 68.0 Å². The molecule has 1 rings (SSSR count). The summed E-state index contributed by atoms with van der Waals surface area (Å²) in [5.74, 6) is 0. The molecule has 1 fully saturated rings. The number of epoxide rings is 1. The number of aliphatic hydroxyl groups excluding tert-OH is 1. The first-order valence-corrected chi connectivity index (χ1v) is 4.31. The topological polar surface area (TPSA) is 36.0 Å². The van der Waals surface area contributed by atoms with Gasteiger partial charge >= 0.3 is 0 Å². The monoisotopic (exact) mass is 159 g/mol. The van der Waals surface area contributed by atoms with E-state index in [1.165, 1.54) is 0 Å². The third-order valence-electron chi connectivity index (χ3n) is 1.82. The normalized spacial score (nSPS) is 22.6. The van der Waals surface area contributed by atoms with Crippen LogP contribution in [0.25, 0.3) is 0 Å². The lowest BCUT2D eigenvalue weighted by Crippen LogP contribution is -2.31. The second kappa shape index (κ2) is 4.70. The minimum atomic E-state index is 0.257. The summed E-state index contributed by atoms with van der Waals surface area (Å²) in [7, 11) is 0. The van der Waals surface area contributed by atoms with Crippen LogP contribution in [-0.2, 0) is 4.74 Å². The molecule has 1 unspecified atom stereocenters. The van der Waals surface area contributed by atoms with Crippen LogP contribution in [0.3, 0.4) is 0 Å². The van der Waals surface area contributed by atoms with E-state index in [4.69, 9.17) is 9.84 Å². The van der Waals surface area contributed by atoms with E-state index in [0.29, 0.717) is 6.10 Å². The number of rotatable bonds is 6. The molecule has 1 heterocycles. The molecule has 0 aromatic rings. The lowest BCUT2D eigenvalue weighted by Gasteiger charge is -2.18. The van der Waals surface area contributed by atoms with Crippen LogP contribution in [0.5, 0.6) is 0 Å². The Morgan fingerprint density at radius 2 is 2.27 bits per heavy atom. The maximum atomic E-state index is 8.71. The van der Waals surface area contributed by atoms with Gasteiger partial charge in [-0.15, -0.1) is 0 Å². The van der Waals surface area contributed by atoms with Crippen LogP contribution in [0.4, 0.5) is 0 Å².